The van der Waals surface area contributed by atoms with Crippen molar-refractivity contribution in [2.24, 2.45) is 0 Å². The summed E-state index contributed by atoms with van der Waals surface area (Å²) in [4.78, 5) is 22.8. The predicted molar refractivity (Wildman–Crippen MR) is 72.0 cm³/mol. The van der Waals surface area contributed by atoms with Gasteiger partial charge < -0.3 is 20.4 Å². The van der Waals surface area contributed by atoms with Crippen LogP contribution in [0.15, 0.2) is 22.8 Å². The van der Waals surface area contributed by atoms with Crippen LogP contribution in [0.3, 0.4) is 0 Å². The van der Waals surface area contributed by atoms with E-state index < -0.39 is 0 Å². The van der Waals surface area contributed by atoms with Crippen LogP contribution in [0.2, 0.25) is 0 Å². The van der Waals surface area contributed by atoms with Gasteiger partial charge in [-0.15, -0.1) is 0 Å². The average Bonchev–Trinajstić information content (AvgIpc) is 2.93. The number of furan rings is 1. The Hall–Kier alpha value is -1.98. The molecule has 0 aliphatic carbocycles. The van der Waals surface area contributed by atoms with Crippen LogP contribution in [0.5, 0.6) is 0 Å². The Balaban J connectivity index is 2.01. The molecule has 1 aromatic heterocycles. The number of unbranched alkanes of at least 4 members (excludes halogenated alkanes) is 2. The van der Waals surface area contributed by atoms with Crippen molar-refractivity contribution in [1.82, 2.24) is 16.0 Å². The van der Waals surface area contributed by atoms with Gasteiger partial charge in [-0.05, 0) is 18.6 Å². The summed E-state index contributed by atoms with van der Waals surface area (Å²) in [5, 5.41) is 8.06. The molecule has 19 heavy (non-hydrogen) atoms. The van der Waals surface area contributed by atoms with Crippen LogP contribution < -0.4 is 16.0 Å². The monoisotopic (exact) mass is 267 g/mol. The van der Waals surface area contributed by atoms with E-state index in [1.807, 2.05) is 0 Å². The summed E-state index contributed by atoms with van der Waals surface area (Å²) in [7, 11) is 0. The quantitative estimate of drug-likeness (QED) is 0.624. The summed E-state index contributed by atoms with van der Waals surface area (Å²) in [5.41, 5.74) is 0. The molecular weight excluding hydrogens is 246 g/mol. The summed E-state index contributed by atoms with van der Waals surface area (Å²) in [6.45, 7) is 3.54. The van der Waals surface area contributed by atoms with Crippen molar-refractivity contribution < 1.29 is 14.0 Å². The van der Waals surface area contributed by atoms with Crippen molar-refractivity contribution in [1.29, 1.82) is 0 Å². The van der Waals surface area contributed by atoms with Gasteiger partial charge in [-0.3, -0.25) is 4.79 Å². The number of urea groups is 1. The standard InChI is InChI=1S/C13H21N3O3/c1-2-3-4-7-15-13(18)16-9-8-14-12(17)11-6-5-10-19-11/h5-6,10H,2-4,7-9H2,1H3,(H,14,17)(H2,15,16,18). The molecule has 0 radical (unpaired) electrons. The summed E-state index contributed by atoms with van der Waals surface area (Å²) < 4.78 is 4.94. The minimum atomic E-state index is -0.282. The van der Waals surface area contributed by atoms with E-state index in [1.54, 1.807) is 12.1 Å². The van der Waals surface area contributed by atoms with Crippen LogP contribution in [0.4, 0.5) is 4.79 Å². The number of rotatable bonds is 8. The number of hydrogen-bond donors (Lipinski definition) is 3. The lowest BCUT2D eigenvalue weighted by molar-refractivity contribution is 0.0926. The second-order valence-corrected chi connectivity index (χ2v) is 4.12. The number of carbonyl (C=O) groups is 2. The summed E-state index contributed by atoms with van der Waals surface area (Å²) in [6.07, 6.45) is 4.66. The van der Waals surface area contributed by atoms with E-state index in [0.717, 1.165) is 19.3 Å². The van der Waals surface area contributed by atoms with Crippen LogP contribution in [-0.2, 0) is 0 Å². The van der Waals surface area contributed by atoms with E-state index in [9.17, 15) is 9.59 Å². The number of carbonyl (C=O) groups excluding carboxylic acids is 2. The van der Waals surface area contributed by atoms with Crippen molar-refractivity contribution in [2.45, 2.75) is 26.2 Å². The Kier molecular flexibility index (Phi) is 7.16. The summed E-state index contributed by atoms with van der Waals surface area (Å²) in [5.74, 6) is -0.0147. The van der Waals surface area contributed by atoms with E-state index in [1.165, 1.54) is 6.26 Å². The molecule has 6 heteroatoms. The molecule has 0 bridgehead atoms. The molecule has 1 aromatic rings. The fourth-order valence-electron chi connectivity index (χ4n) is 1.49. The molecule has 0 spiro atoms. The molecule has 3 N–H and O–H groups in total. The molecule has 0 unspecified atom stereocenters. The van der Waals surface area contributed by atoms with Crippen molar-refractivity contribution in [3.05, 3.63) is 24.2 Å². The van der Waals surface area contributed by atoms with Gasteiger partial charge in [0.1, 0.15) is 0 Å². The first-order valence-electron chi connectivity index (χ1n) is 6.57. The molecule has 0 saturated heterocycles. The Bertz CT molecular complexity index is 376. The Morgan fingerprint density at radius 2 is 1.84 bits per heavy atom. The van der Waals surface area contributed by atoms with Crippen molar-refractivity contribution in [2.75, 3.05) is 19.6 Å². The van der Waals surface area contributed by atoms with Crippen LogP contribution >= 0.6 is 0 Å². The highest BCUT2D eigenvalue weighted by Crippen LogP contribution is 1.98. The van der Waals surface area contributed by atoms with Crippen LogP contribution in [0, 0.1) is 0 Å². The van der Waals surface area contributed by atoms with Gasteiger partial charge in [-0.2, -0.15) is 0 Å². The van der Waals surface area contributed by atoms with E-state index >= 15 is 0 Å². The fraction of sp³-hybridized carbons (Fsp3) is 0.538. The lowest BCUT2D eigenvalue weighted by Gasteiger charge is -2.07. The van der Waals surface area contributed by atoms with E-state index in [2.05, 4.69) is 22.9 Å². The highest BCUT2D eigenvalue weighted by atomic mass is 16.3. The summed E-state index contributed by atoms with van der Waals surface area (Å²) in [6, 6.07) is 3.03. The van der Waals surface area contributed by atoms with Gasteiger partial charge in [0.15, 0.2) is 5.76 Å². The molecule has 0 atom stereocenters. The number of nitrogens with one attached hydrogen (secondary N) is 3. The van der Waals surface area contributed by atoms with Gasteiger partial charge in [0, 0.05) is 19.6 Å². The van der Waals surface area contributed by atoms with Gasteiger partial charge in [-0.1, -0.05) is 19.8 Å². The topological polar surface area (TPSA) is 83.4 Å². The third kappa shape index (κ3) is 6.49. The molecule has 0 saturated carbocycles. The molecular formula is C13H21N3O3. The van der Waals surface area contributed by atoms with Crippen LogP contribution in [-0.4, -0.2) is 31.6 Å². The Labute approximate surface area is 112 Å². The minimum absolute atomic E-state index is 0.205. The van der Waals surface area contributed by atoms with E-state index in [0.29, 0.717) is 19.6 Å². The second kappa shape index (κ2) is 9.02. The SMILES string of the molecule is CCCCCNC(=O)NCCNC(=O)c1ccco1. The maximum absolute atomic E-state index is 11.5. The van der Waals surface area contributed by atoms with Gasteiger partial charge in [-0.25, -0.2) is 4.79 Å². The zero-order valence-corrected chi connectivity index (χ0v) is 11.2. The van der Waals surface area contributed by atoms with Gasteiger partial charge in [0.05, 0.1) is 6.26 Å². The average molecular weight is 267 g/mol. The van der Waals surface area contributed by atoms with Gasteiger partial charge in [0.2, 0.25) is 0 Å². The molecule has 0 aromatic carbocycles. The summed E-state index contributed by atoms with van der Waals surface area (Å²) >= 11 is 0. The van der Waals surface area contributed by atoms with Gasteiger partial charge >= 0.3 is 6.03 Å². The zero-order chi connectivity index (χ0) is 13.9. The Morgan fingerprint density at radius 3 is 2.53 bits per heavy atom. The number of amides is 3. The first kappa shape index (κ1) is 15.1. The third-order valence-electron chi connectivity index (χ3n) is 2.51. The Morgan fingerprint density at radius 1 is 1.11 bits per heavy atom. The molecule has 6 nitrogen and oxygen atoms in total. The number of hydrogen-bond acceptors (Lipinski definition) is 3. The normalized spacial score (nSPS) is 9.95. The van der Waals surface area contributed by atoms with Crippen molar-refractivity contribution >= 4 is 11.9 Å². The van der Waals surface area contributed by atoms with Crippen molar-refractivity contribution in [3.63, 3.8) is 0 Å². The molecule has 0 aliphatic heterocycles. The first-order chi connectivity index (χ1) is 9.24. The molecule has 1 rings (SSSR count). The maximum atomic E-state index is 11.5. The predicted octanol–water partition coefficient (Wildman–Crippen LogP) is 1.50. The molecule has 106 valence electrons. The second-order valence-electron chi connectivity index (χ2n) is 4.12. The zero-order valence-electron chi connectivity index (χ0n) is 11.2. The highest BCUT2D eigenvalue weighted by Gasteiger charge is 2.06. The fourth-order valence-corrected chi connectivity index (χ4v) is 1.49. The van der Waals surface area contributed by atoms with E-state index in [-0.39, 0.29) is 17.7 Å². The van der Waals surface area contributed by atoms with Crippen molar-refractivity contribution in [3.8, 4) is 0 Å². The highest BCUT2D eigenvalue weighted by molar-refractivity contribution is 5.91. The van der Waals surface area contributed by atoms with Gasteiger partial charge in [0.25, 0.3) is 5.91 Å². The van der Waals surface area contributed by atoms with Crippen LogP contribution in [0.1, 0.15) is 36.7 Å². The molecule has 0 fully saturated rings. The minimum Gasteiger partial charge on any atom is -0.459 e. The van der Waals surface area contributed by atoms with Crippen LogP contribution in [0.25, 0.3) is 0 Å². The van der Waals surface area contributed by atoms with E-state index in [4.69, 9.17) is 4.42 Å². The maximum Gasteiger partial charge on any atom is 0.314 e. The largest absolute Gasteiger partial charge is 0.459 e. The lowest BCUT2D eigenvalue weighted by Crippen LogP contribution is -2.40. The lowest BCUT2D eigenvalue weighted by atomic mass is 10.2. The third-order valence-corrected chi connectivity index (χ3v) is 2.51. The molecule has 0 aliphatic rings. The smallest absolute Gasteiger partial charge is 0.314 e. The molecule has 3 amide bonds. The molecule has 1 heterocycles. The first-order valence-corrected chi connectivity index (χ1v) is 6.57.